The van der Waals surface area contributed by atoms with Crippen molar-refractivity contribution in [2.24, 2.45) is 34.5 Å². The van der Waals surface area contributed by atoms with Gasteiger partial charge in [-0.2, -0.15) is 0 Å². The van der Waals surface area contributed by atoms with E-state index in [0.29, 0.717) is 38.5 Å². The minimum Gasteiger partial charge on any atom is -0.458 e. The van der Waals surface area contributed by atoms with Crippen molar-refractivity contribution in [3.8, 4) is 0 Å². The van der Waals surface area contributed by atoms with Gasteiger partial charge in [0.15, 0.2) is 0 Å². The van der Waals surface area contributed by atoms with Crippen LogP contribution in [0.5, 0.6) is 0 Å². The van der Waals surface area contributed by atoms with E-state index < -0.39 is 52.6 Å². The molecule has 0 heterocycles. The lowest BCUT2D eigenvalue weighted by molar-refractivity contribution is -0.274. The second-order valence-corrected chi connectivity index (χ2v) is 12.4. The summed E-state index contributed by atoms with van der Waals surface area (Å²) in [5.74, 6) is -1.91. The number of fused-ring (bicyclic) bond motifs is 5. The summed E-state index contributed by atoms with van der Waals surface area (Å²) in [6.07, 6.45) is 3.57. The van der Waals surface area contributed by atoms with Crippen molar-refractivity contribution >= 4 is 17.7 Å². The van der Waals surface area contributed by atoms with Crippen LogP contribution in [-0.4, -0.2) is 51.8 Å². The zero-order valence-corrected chi connectivity index (χ0v) is 22.0. The molecule has 4 rings (SSSR count). The summed E-state index contributed by atoms with van der Waals surface area (Å²) >= 11 is 0. The highest BCUT2D eigenvalue weighted by molar-refractivity contribution is 5.80. The Morgan fingerprint density at radius 3 is 2.40 bits per heavy atom. The van der Waals surface area contributed by atoms with Crippen molar-refractivity contribution < 1.29 is 34.1 Å². The van der Waals surface area contributed by atoms with Gasteiger partial charge in [-0.3, -0.25) is 14.4 Å². The zero-order chi connectivity index (χ0) is 25.9. The molecule has 0 aliphatic heterocycles. The van der Waals surface area contributed by atoms with Crippen LogP contribution in [0.1, 0.15) is 86.5 Å². The van der Waals surface area contributed by atoms with Crippen molar-refractivity contribution in [2.45, 2.75) is 110 Å². The maximum Gasteiger partial charge on any atom is 0.306 e. The highest BCUT2D eigenvalue weighted by Gasteiger charge is 2.75. The van der Waals surface area contributed by atoms with E-state index in [0.717, 1.165) is 5.57 Å². The van der Waals surface area contributed by atoms with Gasteiger partial charge in [0.25, 0.3) is 0 Å². The third kappa shape index (κ3) is 3.97. The number of aliphatic hydroxyl groups excluding tert-OH is 1. The van der Waals surface area contributed by atoms with E-state index in [2.05, 4.69) is 13.0 Å². The quantitative estimate of drug-likeness (QED) is 0.446. The van der Waals surface area contributed by atoms with Crippen molar-refractivity contribution in [1.82, 2.24) is 0 Å². The standard InChI is InChI=1S/C28H42O7/c1-15(2)13-22(32)35-25-24(34-17(4)30)23-21(8-7-18-14-19(31)9-11-26(18,23)5)28(33)12-10-20(16(3)29)27(25,28)6/h7,15,19-21,23-25,31,33H,8-14H2,1-6H3/t19-,20-,21-,23+,24-,25+,26-,27-,28-/m0/s1. The summed E-state index contributed by atoms with van der Waals surface area (Å²) in [6.45, 7) is 10.7. The average Bonchev–Trinajstić information content (AvgIpc) is 3.02. The molecule has 0 spiro atoms. The molecule has 3 saturated carbocycles. The molecular formula is C28H42O7. The lowest BCUT2D eigenvalue weighted by Gasteiger charge is -2.64. The van der Waals surface area contributed by atoms with E-state index in [4.69, 9.17) is 9.47 Å². The summed E-state index contributed by atoms with van der Waals surface area (Å²) in [5.41, 5.74) is -1.64. The lowest BCUT2D eigenvalue weighted by Crippen LogP contribution is -2.72. The second-order valence-electron chi connectivity index (χ2n) is 12.4. The number of ketones is 1. The molecule has 0 radical (unpaired) electrons. The molecule has 4 aliphatic carbocycles. The first-order valence-corrected chi connectivity index (χ1v) is 13.2. The van der Waals surface area contributed by atoms with Gasteiger partial charge in [-0.1, -0.05) is 39.3 Å². The maximum atomic E-state index is 13.1. The molecule has 0 aromatic rings. The SMILES string of the molecule is CC(=O)O[C@H]1[C@H]2[C@H](CC=C3C[C@@H](O)CC[C@@]32C)[C@@]2(O)CC[C@@H](C(C)=O)[C@@]2(C)[C@@H]1OC(=O)CC(C)C. The number of allylic oxidation sites excluding steroid dienone is 1. The lowest BCUT2D eigenvalue weighted by atomic mass is 9.44. The number of hydrogen-bond acceptors (Lipinski definition) is 7. The molecule has 0 amide bonds. The van der Waals surface area contributed by atoms with E-state index in [-0.39, 0.29) is 30.0 Å². The van der Waals surface area contributed by atoms with Gasteiger partial charge in [0.05, 0.1) is 11.7 Å². The Morgan fingerprint density at radius 1 is 1.11 bits per heavy atom. The fraction of sp³-hybridized carbons (Fsp3) is 0.821. The molecule has 7 nitrogen and oxygen atoms in total. The third-order valence-corrected chi connectivity index (χ3v) is 9.93. The number of rotatable bonds is 5. The topological polar surface area (TPSA) is 110 Å². The van der Waals surface area contributed by atoms with Gasteiger partial charge in [-0.15, -0.1) is 0 Å². The number of carbonyl (C=O) groups excluding carboxylic acids is 3. The van der Waals surface area contributed by atoms with Crippen LogP contribution < -0.4 is 0 Å². The van der Waals surface area contributed by atoms with Crippen LogP contribution in [0.4, 0.5) is 0 Å². The van der Waals surface area contributed by atoms with E-state index in [1.165, 1.54) is 13.8 Å². The molecule has 0 saturated heterocycles. The van der Waals surface area contributed by atoms with Gasteiger partial charge in [0.1, 0.15) is 18.0 Å². The Labute approximate surface area is 208 Å². The van der Waals surface area contributed by atoms with Crippen LogP contribution in [0.25, 0.3) is 0 Å². The average molecular weight is 491 g/mol. The molecule has 0 aromatic heterocycles. The Bertz CT molecular complexity index is 924. The van der Waals surface area contributed by atoms with Gasteiger partial charge in [0.2, 0.25) is 0 Å². The molecule has 4 aliphatic rings. The molecule has 0 unspecified atom stereocenters. The molecule has 0 aromatic carbocycles. The van der Waals surface area contributed by atoms with Gasteiger partial charge in [0, 0.05) is 30.6 Å². The Hall–Kier alpha value is -1.73. The van der Waals surface area contributed by atoms with Gasteiger partial charge < -0.3 is 19.7 Å². The first-order chi connectivity index (χ1) is 16.3. The molecule has 9 atom stereocenters. The smallest absolute Gasteiger partial charge is 0.306 e. The van der Waals surface area contributed by atoms with Gasteiger partial charge in [-0.25, -0.2) is 0 Å². The van der Waals surface area contributed by atoms with Crippen molar-refractivity contribution in [3.63, 3.8) is 0 Å². The predicted molar refractivity (Wildman–Crippen MR) is 129 cm³/mol. The highest BCUT2D eigenvalue weighted by atomic mass is 16.6. The number of esters is 2. The number of Topliss-reactive ketones (excluding diaryl/α,β-unsaturated/α-hetero) is 1. The first kappa shape index (κ1) is 26.3. The summed E-state index contributed by atoms with van der Waals surface area (Å²) in [6, 6.07) is 0. The van der Waals surface area contributed by atoms with Crippen LogP contribution in [0.2, 0.25) is 0 Å². The molecule has 35 heavy (non-hydrogen) atoms. The summed E-state index contributed by atoms with van der Waals surface area (Å²) in [5, 5.41) is 22.9. The maximum absolute atomic E-state index is 13.1. The molecule has 3 fully saturated rings. The first-order valence-electron chi connectivity index (χ1n) is 13.2. The Morgan fingerprint density at radius 2 is 1.80 bits per heavy atom. The molecule has 0 bridgehead atoms. The minimum absolute atomic E-state index is 0.0487. The van der Waals surface area contributed by atoms with E-state index in [9.17, 15) is 24.6 Å². The second kappa shape index (κ2) is 8.98. The van der Waals surface area contributed by atoms with Gasteiger partial charge in [-0.05, 0) is 62.7 Å². The third-order valence-electron chi connectivity index (χ3n) is 9.93. The predicted octanol–water partition coefficient (Wildman–Crippen LogP) is 3.74. The normalized spacial score (nSPS) is 44.5. The Kier molecular flexibility index (Phi) is 6.76. The molecule has 7 heteroatoms. The number of hydrogen-bond donors (Lipinski definition) is 2. The van der Waals surface area contributed by atoms with Crippen LogP contribution in [0, 0.1) is 34.5 Å². The summed E-state index contributed by atoms with van der Waals surface area (Å²) < 4.78 is 12.2. The van der Waals surface area contributed by atoms with Crippen molar-refractivity contribution in [2.75, 3.05) is 0 Å². The molecule has 2 N–H and O–H groups in total. The largest absolute Gasteiger partial charge is 0.458 e. The van der Waals surface area contributed by atoms with Crippen molar-refractivity contribution in [1.29, 1.82) is 0 Å². The number of ether oxygens (including phenoxy) is 2. The summed E-state index contributed by atoms with van der Waals surface area (Å²) in [7, 11) is 0. The van der Waals surface area contributed by atoms with Gasteiger partial charge >= 0.3 is 11.9 Å². The van der Waals surface area contributed by atoms with Crippen LogP contribution in [0.15, 0.2) is 11.6 Å². The summed E-state index contributed by atoms with van der Waals surface area (Å²) in [4.78, 5) is 38.4. The van der Waals surface area contributed by atoms with Crippen LogP contribution in [-0.2, 0) is 23.9 Å². The fourth-order valence-corrected chi connectivity index (χ4v) is 8.32. The monoisotopic (exact) mass is 490 g/mol. The van der Waals surface area contributed by atoms with Crippen molar-refractivity contribution in [3.05, 3.63) is 11.6 Å². The number of carbonyl (C=O) groups is 3. The Balaban J connectivity index is 1.90. The van der Waals surface area contributed by atoms with Crippen LogP contribution in [0.3, 0.4) is 0 Å². The molecule has 196 valence electrons. The van der Waals surface area contributed by atoms with Crippen LogP contribution >= 0.6 is 0 Å². The minimum atomic E-state index is -1.26. The number of aliphatic hydroxyl groups is 2. The van der Waals surface area contributed by atoms with E-state index in [1.54, 1.807) is 0 Å². The van der Waals surface area contributed by atoms with E-state index >= 15 is 0 Å². The fourth-order valence-electron chi connectivity index (χ4n) is 8.32. The zero-order valence-electron chi connectivity index (χ0n) is 22.0. The highest BCUT2D eigenvalue weighted by Crippen LogP contribution is 2.69. The van der Waals surface area contributed by atoms with E-state index in [1.807, 2.05) is 20.8 Å². The molecular weight excluding hydrogens is 448 g/mol.